The third-order valence-electron chi connectivity index (χ3n) is 2.75. The predicted molar refractivity (Wildman–Crippen MR) is 65.8 cm³/mol. The number of carbonyl (C=O) groups excluding carboxylic acids is 1. The number of fused-ring (bicyclic) bond motifs is 1. The van der Waals surface area contributed by atoms with E-state index in [1.807, 2.05) is 0 Å². The Morgan fingerprint density at radius 2 is 2.00 bits per heavy atom. The van der Waals surface area contributed by atoms with Gasteiger partial charge in [0.15, 0.2) is 11.5 Å². The number of hydrogen-bond donors (Lipinski definition) is 1. The van der Waals surface area contributed by atoms with E-state index in [1.54, 1.807) is 0 Å². The lowest BCUT2D eigenvalue weighted by Gasteiger charge is -2.25. The van der Waals surface area contributed by atoms with Crippen LogP contribution in [0.2, 0.25) is 0 Å². The summed E-state index contributed by atoms with van der Waals surface area (Å²) in [5, 5.41) is 9.92. The average Bonchev–Trinajstić information content (AvgIpc) is 2.82. The molecule has 21 heavy (non-hydrogen) atoms. The van der Waals surface area contributed by atoms with Gasteiger partial charge in [-0.1, -0.05) is 0 Å². The fraction of sp³-hybridized carbons (Fsp3) is 0.300. The topological polar surface area (TPSA) is 83.9 Å². The summed E-state index contributed by atoms with van der Waals surface area (Å²) in [7, 11) is -2.48. The molecule has 0 radical (unpaired) electrons. The van der Waals surface area contributed by atoms with Crippen molar-refractivity contribution in [3.05, 3.63) is 21.5 Å². The summed E-state index contributed by atoms with van der Waals surface area (Å²) in [6.07, 6.45) is -4.76. The summed E-state index contributed by atoms with van der Waals surface area (Å²) in [5.41, 5.74) is -0.736. The molecular weight excluding hydrogens is 335 g/mol. The molecule has 116 valence electrons. The molecule has 0 spiro atoms. The largest absolute Gasteiger partial charge is 0.504 e. The number of likely N-dealkylation sites (N-methyl/N-ethyl adjacent to an activating group) is 1. The molecule has 0 fully saturated rings. The molecule has 0 saturated heterocycles. The van der Waals surface area contributed by atoms with Crippen molar-refractivity contribution in [3.63, 3.8) is 0 Å². The first-order valence-corrected chi connectivity index (χ1v) is 7.49. The fourth-order valence-corrected chi connectivity index (χ4v) is 4.39. The van der Waals surface area contributed by atoms with Crippen LogP contribution in [-0.2, 0) is 25.7 Å². The van der Waals surface area contributed by atoms with Crippen LogP contribution in [0.25, 0.3) is 5.76 Å². The Hall–Kier alpha value is -1.75. The Morgan fingerprint density at radius 3 is 2.48 bits per heavy atom. The molecule has 1 aromatic rings. The number of esters is 1. The van der Waals surface area contributed by atoms with Crippen molar-refractivity contribution < 1.29 is 36.2 Å². The number of hydrogen-bond acceptors (Lipinski definition) is 6. The van der Waals surface area contributed by atoms with Crippen LogP contribution in [0.3, 0.4) is 0 Å². The van der Waals surface area contributed by atoms with Gasteiger partial charge in [0.25, 0.3) is 10.0 Å². The average molecular weight is 343 g/mol. The number of nitrogens with zero attached hydrogens (tertiary/aromatic N) is 1. The van der Waals surface area contributed by atoms with Gasteiger partial charge in [0.05, 0.1) is 12.0 Å². The van der Waals surface area contributed by atoms with Gasteiger partial charge in [-0.25, -0.2) is 13.2 Å². The molecule has 0 unspecified atom stereocenters. The molecule has 0 bridgehead atoms. The maximum Gasteiger partial charge on any atom is 0.425 e. The highest BCUT2D eigenvalue weighted by Crippen LogP contribution is 2.44. The van der Waals surface area contributed by atoms with Crippen LogP contribution in [0.5, 0.6) is 0 Å². The zero-order valence-electron chi connectivity index (χ0n) is 10.6. The summed E-state index contributed by atoms with van der Waals surface area (Å²) in [6.45, 7) is 0. The molecule has 2 rings (SSSR count). The van der Waals surface area contributed by atoms with E-state index in [4.69, 9.17) is 0 Å². The quantitative estimate of drug-likeness (QED) is 0.786. The van der Waals surface area contributed by atoms with Crippen molar-refractivity contribution in [2.45, 2.75) is 11.1 Å². The van der Waals surface area contributed by atoms with Gasteiger partial charge in [-0.15, -0.1) is 11.3 Å². The number of aliphatic hydroxyl groups is 1. The SMILES string of the molecule is COC(=O)C1=C(O)c2sc(C(F)(F)F)cc2S(=O)(=O)N1C. The molecule has 0 aliphatic carbocycles. The molecule has 0 atom stereocenters. The smallest absolute Gasteiger partial charge is 0.425 e. The summed E-state index contributed by atoms with van der Waals surface area (Å²) < 4.78 is 67.0. The number of methoxy groups -OCH3 is 1. The number of ether oxygens (including phenoxy) is 1. The van der Waals surface area contributed by atoms with E-state index < -0.39 is 48.3 Å². The minimum Gasteiger partial charge on any atom is -0.504 e. The first-order chi connectivity index (χ1) is 9.51. The van der Waals surface area contributed by atoms with Gasteiger partial charge in [0.2, 0.25) is 0 Å². The Bertz CT molecular complexity index is 747. The number of alkyl halides is 3. The zero-order chi connectivity index (χ0) is 16.2. The second-order valence-electron chi connectivity index (χ2n) is 3.96. The lowest BCUT2D eigenvalue weighted by atomic mass is 10.3. The second-order valence-corrected chi connectivity index (χ2v) is 6.95. The highest BCUT2D eigenvalue weighted by molar-refractivity contribution is 7.89. The summed E-state index contributed by atoms with van der Waals surface area (Å²) >= 11 is 0.0399. The number of thiophene rings is 1. The van der Waals surface area contributed by atoms with E-state index in [9.17, 15) is 31.5 Å². The van der Waals surface area contributed by atoms with Crippen LogP contribution in [0.4, 0.5) is 13.2 Å². The van der Waals surface area contributed by atoms with E-state index in [-0.39, 0.29) is 11.3 Å². The van der Waals surface area contributed by atoms with Gasteiger partial charge in [-0.05, 0) is 6.07 Å². The van der Waals surface area contributed by atoms with Crippen LogP contribution in [0, 0.1) is 0 Å². The zero-order valence-corrected chi connectivity index (χ0v) is 12.2. The molecule has 2 heterocycles. The molecule has 1 aromatic heterocycles. The van der Waals surface area contributed by atoms with Crippen molar-refractivity contribution in [3.8, 4) is 0 Å². The van der Waals surface area contributed by atoms with Gasteiger partial charge in [0, 0.05) is 7.05 Å². The van der Waals surface area contributed by atoms with Crippen LogP contribution < -0.4 is 0 Å². The van der Waals surface area contributed by atoms with Crippen molar-refractivity contribution in [1.82, 2.24) is 4.31 Å². The van der Waals surface area contributed by atoms with Gasteiger partial charge in [-0.3, -0.25) is 4.31 Å². The molecule has 11 heteroatoms. The molecule has 0 saturated carbocycles. The predicted octanol–water partition coefficient (Wildman–Crippen LogP) is 1.80. The maximum absolute atomic E-state index is 12.7. The first kappa shape index (κ1) is 15.6. The van der Waals surface area contributed by atoms with Crippen LogP contribution >= 0.6 is 11.3 Å². The van der Waals surface area contributed by atoms with E-state index in [0.717, 1.165) is 14.2 Å². The first-order valence-electron chi connectivity index (χ1n) is 5.23. The van der Waals surface area contributed by atoms with Crippen LogP contribution in [-0.4, -0.2) is 38.0 Å². The molecule has 0 aromatic carbocycles. The van der Waals surface area contributed by atoms with E-state index in [2.05, 4.69) is 4.74 Å². The fourth-order valence-electron chi connectivity index (χ4n) is 1.72. The molecule has 6 nitrogen and oxygen atoms in total. The molecule has 1 aliphatic heterocycles. The third kappa shape index (κ3) is 2.25. The van der Waals surface area contributed by atoms with E-state index in [0.29, 0.717) is 10.4 Å². The number of carbonyl (C=O) groups is 1. The highest BCUT2D eigenvalue weighted by Gasteiger charge is 2.43. The minimum atomic E-state index is -4.76. The van der Waals surface area contributed by atoms with Crippen molar-refractivity contribution in [2.24, 2.45) is 0 Å². The number of sulfonamides is 1. The van der Waals surface area contributed by atoms with Crippen molar-refractivity contribution >= 4 is 33.1 Å². The minimum absolute atomic E-state index is 0.0399. The van der Waals surface area contributed by atoms with Crippen LogP contribution in [0.1, 0.15) is 9.75 Å². The lowest BCUT2D eigenvalue weighted by Crippen LogP contribution is -2.34. The Balaban J connectivity index is 2.79. The van der Waals surface area contributed by atoms with Gasteiger partial charge in [0.1, 0.15) is 9.77 Å². The van der Waals surface area contributed by atoms with Crippen molar-refractivity contribution in [1.29, 1.82) is 0 Å². The van der Waals surface area contributed by atoms with Gasteiger partial charge in [-0.2, -0.15) is 13.2 Å². The lowest BCUT2D eigenvalue weighted by molar-refractivity contribution is -0.137. The Kier molecular flexibility index (Phi) is 3.45. The molecule has 0 amide bonds. The number of rotatable bonds is 1. The third-order valence-corrected chi connectivity index (χ3v) is 5.85. The summed E-state index contributed by atoms with van der Waals surface area (Å²) in [6, 6.07) is 0.427. The second kappa shape index (κ2) is 4.63. The van der Waals surface area contributed by atoms with Gasteiger partial charge >= 0.3 is 12.1 Å². The summed E-state index contributed by atoms with van der Waals surface area (Å²) in [4.78, 5) is 9.09. The van der Waals surface area contributed by atoms with Crippen LogP contribution in [0.15, 0.2) is 16.7 Å². The van der Waals surface area contributed by atoms with Gasteiger partial charge < -0.3 is 9.84 Å². The number of halogens is 3. The number of aliphatic hydroxyl groups excluding tert-OH is 1. The monoisotopic (exact) mass is 343 g/mol. The Labute approximate surface area is 121 Å². The maximum atomic E-state index is 12.7. The highest BCUT2D eigenvalue weighted by atomic mass is 32.2. The standard InChI is InChI=1S/C10H8F3NO5S2/c1-14-6(9(16)19-2)7(15)8-4(21(14,17)18)3-5(20-8)10(11,12)13/h3,15H,1-2H3. The summed E-state index contributed by atoms with van der Waals surface area (Å²) in [5.74, 6) is -2.04. The molecule has 1 aliphatic rings. The molecule has 1 N–H and O–H groups in total. The normalized spacial score (nSPS) is 17.7. The Morgan fingerprint density at radius 1 is 1.43 bits per heavy atom. The molecular formula is C10H8F3NO5S2. The van der Waals surface area contributed by atoms with Crippen molar-refractivity contribution in [2.75, 3.05) is 14.2 Å². The van der Waals surface area contributed by atoms with E-state index >= 15 is 0 Å². The van der Waals surface area contributed by atoms with E-state index in [1.165, 1.54) is 0 Å².